The Balaban J connectivity index is 2.38. The molecule has 0 amide bonds. The molecule has 0 saturated heterocycles. The van der Waals surface area contributed by atoms with E-state index in [1.807, 2.05) is 13.0 Å². The maximum Gasteiger partial charge on any atom is 0.332 e. The van der Waals surface area contributed by atoms with Gasteiger partial charge in [-0.3, -0.25) is 14.2 Å². The number of carbonyl (C=O) groups is 1. The number of hydrogen-bond donors (Lipinski definition) is 1. The van der Waals surface area contributed by atoms with Crippen LogP contribution in [0.5, 0.6) is 0 Å². The zero-order valence-electron chi connectivity index (χ0n) is 15.4. The van der Waals surface area contributed by atoms with Gasteiger partial charge in [0.25, 0.3) is 5.56 Å². The summed E-state index contributed by atoms with van der Waals surface area (Å²) in [5, 5.41) is 10.8. The zero-order chi connectivity index (χ0) is 21.3. The molecule has 152 valence electrons. The third-order valence-corrected chi connectivity index (χ3v) is 6.06. The van der Waals surface area contributed by atoms with Crippen LogP contribution in [0.2, 0.25) is 10.0 Å². The molecule has 0 unspecified atom stereocenters. The molecule has 1 aromatic heterocycles. The van der Waals surface area contributed by atoms with Crippen molar-refractivity contribution in [3.8, 4) is 0 Å². The summed E-state index contributed by atoms with van der Waals surface area (Å²) >= 11 is 15.5. The third kappa shape index (κ3) is 4.13. The number of halogens is 3. The Kier molecular flexibility index (Phi) is 6.51. The normalized spacial score (nSPS) is 11.2. The number of fused-ring (bicyclic) bond motifs is 1. The summed E-state index contributed by atoms with van der Waals surface area (Å²) in [5.41, 5.74) is 1.56. The molecule has 9 heteroatoms. The Morgan fingerprint density at radius 3 is 2.41 bits per heavy atom. The highest BCUT2D eigenvalue weighted by Gasteiger charge is 2.19. The second kappa shape index (κ2) is 8.73. The third-order valence-electron chi connectivity index (χ3n) is 4.72. The Morgan fingerprint density at radius 2 is 1.83 bits per heavy atom. The lowest BCUT2D eigenvalue weighted by atomic mass is 10.0. The summed E-state index contributed by atoms with van der Waals surface area (Å²) in [7, 11) is 0. The van der Waals surface area contributed by atoms with E-state index in [2.05, 4.69) is 15.9 Å². The van der Waals surface area contributed by atoms with Gasteiger partial charge in [0.2, 0.25) is 0 Å². The summed E-state index contributed by atoms with van der Waals surface area (Å²) in [6.07, 6.45) is 0.561. The smallest absolute Gasteiger partial charge is 0.332 e. The number of aryl methyl sites for hydroxylation is 1. The van der Waals surface area contributed by atoms with Gasteiger partial charge in [0.1, 0.15) is 6.54 Å². The number of aliphatic carboxylic acids is 1. The molecule has 1 N–H and O–H groups in total. The van der Waals surface area contributed by atoms with Gasteiger partial charge >= 0.3 is 11.7 Å². The van der Waals surface area contributed by atoms with E-state index in [9.17, 15) is 19.5 Å². The quantitative estimate of drug-likeness (QED) is 0.518. The van der Waals surface area contributed by atoms with E-state index in [-0.39, 0.29) is 6.54 Å². The number of benzene rings is 2. The summed E-state index contributed by atoms with van der Waals surface area (Å²) in [5.74, 6) is -1.26. The van der Waals surface area contributed by atoms with E-state index in [1.165, 1.54) is 4.57 Å². The number of alkyl halides is 1. The Labute approximate surface area is 184 Å². The van der Waals surface area contributed by atoms with Crippen molar-refractivity contribution in [2.24, 2.45) is 0 Å². The predicted molar refractivity (Wildman–Crippen MR) is 118 cm³/mol. The van der Waals surface area contributed by atoms with Crippen LogP contribution in [0, 0.1) is 0 Å². The molecule has 0 aliphatic rings. The molecule has 0 aliphatic heterocycles. The molecule has 6 nitrogen and oxygen atoms in total. The van der Waals surface area contributed by atoms with Crippen LogP contribution in [-0.2, 0) is 29.6 Å². The van der Waals surface area contributed by atoms with Gasteiger partial charge in [-0.15, -0.1) is 0 Å². The lowest BCUT2D eigenvalue weighted by molar-refractivity contribution is -0.137. The van der Waals surface area contributed by atoms with Crippen molar-refractivity contribution in [2.75, 3.05) is 0 Å². The molecule has 29 heavy (non-hydrogen) atoms. The van der Waals surface area contributed by atoms with Crippen molar-refractivity contribution >= 4 is 56.0 Å². The minimum Gasteiger partial charge on any atom is -0.480 e. The van der Waals surface area contributed by atoms with Gasteiger partial charge in [-0.05, 0) is 41.3 Å². The van der Waals surface area contributed by atoms with E-state index in [1.54, 1.807) is 24.3 Å². The van der Waals surface area contributed by atoms with Crippen LogP contribution in [0.3, 0.4) is 0 Å². The molecule has 0 radical (unpaired) electrons. The summed E-state index contributed by atoms with van der Waals surface area (Å²) in [6.45, 7) is 1.32. The van der Waals surface area contributed by atoms with Crippen LogP contribution in [-0.4, -0.2) is 20.2 Å². The molecule has 0 saturated carbocycles. The van der Waals surface area contributed by atoms with E-state index in [4.69, 9.17) is 23.2 Å². The lowest BCUT2D eigenvalue weighted by Crippen LogP contribution is -2.42. The Morgan fingerprint density at radius 1 is 1.10 bits per heavy atom. The van der Waals surface area contributed by atoms with E-state index >= 15 is 0 Å². The van der Waals surface area contributed by atoms with Crippen LogP contribution in [0.1, 0.15) is 23.6 Å². The fourth-order valence-corrected chi connectivity index (χ4v) is 4.24. The molecule has 0 fully saturated rings. The second-order valence-corrected chi connectivity index (χ2v) is 7.86. The van der Waals surface area contributed by atoms with E-state index < -0.39 is 23.8 Å². The summed E-state index contributed by atoms with van der Waals surface area (Å²) in [6, 6.07) is 8.58. The van der Waals surface area contributed by atoms with Gasteiger partial charge in [0.05, 0.1) is 27.5 Å². The molecular formula is C20H17BrCl2N2O4. The number of hydrogen-bond acceptors (Lipinski definition) is 3. The van der Waals surface area contributed by atoms with Gasteiger partial charge in [0.15, 0.2) is 0 Å². The molecule has 3 rings (SSSR count). The highest BCUT2D eigenvalue weighted by Crippen LogP contribution is 2.25. The standard InChI is InChI=1S/C20H17BrCl2N2O4/c1-2-13-12(8-21)4-6-16-18(13)19(28)25(10-17(26)27)20(29)24(16)9-11-3-5-14(22)15(23)7-11/h3-7H,2,8-10H2,1H3,(H,26,27). The van der Waals surface area contributed by atoms with Gasteiger partial charge < -0.3 is 5.11 Å². The summed E-state index contributed by atoms with van der Waals surface area (Å²) < 4.78 is 2.16. The highest BCUT2D eigenvalue weighted by molar-refractivity contribution is 9.08. The largest absolute Gasteiger partial charge is 0.480 e. The van der Waals surface area contributed by atoms with Crippen molar-refractivity contribution < 1.29 is 9.90 Å². The number of rotatable bonds is 6. The predicted octanol–water partition coefficient (Wildman–Crippen LogP) is 4.06. The maximum absolute atomic E-state index is 13.1. The first-order valence-corrected chi connectivity index (χ1v) is 10.7. The van der Waals surface area contributed by atoms with Crippen LogP contribution < -0.4 is 11.2 Å². The molecule has 3 aromatic rings. The number of carboxylic acids is 1. The van der Waals surface area contributed by atoms with Crippen molar-refractivity contribution in [3.63, 3.8) is 0 Å². The van der Waals surface area contributed by atoms with Crippen LogP contribution in [0.25, 0.3) is 10.9 Å². The highest BCUT2D eigenvalue weighted by atomic mass is 79.9. The average molecular weight is 500 g/mol. The average Bonchev–Trinajstić information content (AvgIpc) is 2.69. The zero-order valence-corrected chi connectivity index (χ0v) is 18.5. The fraction of sp³-hybridized carbons (Fsp3) is 0.250. The fourth-order valence-electron chi connectivity index (χ4n) is 3.39. The van der Waals surface area contributed by atoms with Crippen molar-refractivity contribution in [3.05, 3.63) is 77.9 Å². The monoisotopic (exact) mass is 498 g/mol. The Bertz CT molecular complexity index is 1230. The second-order valence-electron chi connectivity index (χ2n) is 6.49. The first-order valence-electron chi connectivity index (χ1n) is 8.78. The van der Waals surface area contributed by atoms with Gasteiger partial charge in [-0.25, -0.2) is 9.36 Å². The minimum atomic E-state index is -1.26. The Hall–Kier alpha value is -2.09. The van der Waals surface area contributed by atoms with Gasteiger partial charge in [0, 0.05) is 5.33 Å². The number of nitrogens with zero attached hydrogens (tertiary/aromatic N) is 2. The first-order chi connectivity index (χ1) is 13.8. The van der Waals surface area contributed by atoms with Crippen LogP contribution in [0.15, 0.2) is 39.9 Å². The maximum atomic E-state index is 13.1. The van der Waals surface area contributed by atoms with Crippen molar-refractivity contribution in [1.29, 1.82) is 0 Å². The van der Waals surface area contributed by atoms with Crippen LogP contribution >= 0.6 is 39.1 Å². The van der Waals surface area contributed by atoms with Gasteiger partial charge in [-0.1, -0.05) is 58.2 Å². The first kappa shape index (κ1) is 21.6. The van der Waals surface area contributed by atoms with Crippen LogP contribution in [0.4, 0.5) is 0 Å². The SMILES string of the molecule is CCc1c(CBr)ccc2c1c(=O)n(CC(=O)O)c(=O)n2Cc1ccc(Cl)c(Cl)c1. The summed E-state index contributed by atoms with van der Waals surface area (Å²) in [4.78, 5) is 37.4. The molecule has 1 heterocycles. The molecule has 0 atom stereocenters. The molecule has 2 aromatic carbocycles. The van der Waals surface area contributed by atoms with Crippen molar-refractivity contribution in [2.45, 2.75) is 31.8 Å². The number of aromatic nitrogens is 2. The molecular weight excluding hydrogens is 483 g/mol. The van der Waals surface area contributed by atoms with E-state index in [0.29, 0.717) is 38.3 Å². The molecule has 0 aliphatic carbocycles. The topological polar surface area (TPSA) is 81.3 Å². The lowest BCUT2D eigenvalue weighted by Gasteiger charge is -2.17. The van der Waals surface area contributed by atoms with Crippen molar-refractivity contribution in [1.82, 2.24) is 9.13 Å². The molecule has 0 bridgehead atoms. The van der Waals surface area contributed by atoms with E-state index in [0.717, 1.165) is 15.7 Å². The molecule has 0 spiro atoms. The number of carboxylic acid groups (broad SMARTS) is 1. The van der Waals surface area contributed by atoms with Gasteiger partial charge in [-0.2, -0.15) is 0 Å². The minimum absolute atomic E-state index is 0.114.